The molecule has 1 N–H and O–H groups in total. The third-order valence-electron chi connectivity index (χ3n) is 2.27. The third-order valence-corrected chi connectivity index (χ3v) is 5.27. The minimum atomic E-state index is 0.308. The van der Waals surface area contributed by atoms with Crippen molar-refractivity contribution in [3.05, 3.63) is 21.0 Å². The highest BCUT2D eigenvalue weighted by Crippen LogP contribution is 2.38. The zero-order valence-electron chi connectivity index (χ0n) is 7.72. The van der Waals surface area contributed by atoms with Crippen molar-refractivity contribution in [1.82, 2.24) is 5.32 Å². The Morgan fingerprint density at radius 1 is 1.64 bits per heavy atom. The van der Waals surface area contributed by atoms with E-state index in [4.69, 9.17) is 4.42 Å². The van der Waals surface area contributed by atoms with E-state index in [2.05, 4.69) is 44.1 Å². The van der Waals surface area contributed by atoms with Crippen LogP contribution in [0.15, 0.2) is 19.6 Å². The van der Waals surface area contributed by atoms with E-state index in [1.165, 1.54) is 6.42 Å². The molecule has 2 rings (SSSR count). The first-order chi connectivity index (χ1) is 6.70. The molecule has 1 aliphatic rings. The van der Waals surface area contributed by atoms with Gasteiger partial charge in [-0.15, -0.1) is 11.8 Å². The summed E-state index contributed by atoms with van der Waals surface area (Å²) in [7, 11) is 0. The summed E-state index contributed by atoms with van der Waals surface area (Å²) in [6.07, 6.45) is 1.17. The van der Waals surface area contributed by atoms with Crippen LogP contribution in [0.25, 0.3) is 0 Å². The highest BCUT2D eigenvalue weighted by Gasteiger charge is 2.27. The summed E-state index contributed by atoms with van der Waals surface area (Å²) >= 11 is 8.67. The van der Waals surface area contributed by atoms with E-state index >= 15 is 0 Å². The van der Waals surface area contributed by atoms with Crippen molar-refractivity contribution in [1.29, 1.82) is 0 Å². The molecular weight excluding hydrogens is 330 g/mol. The van der Waals surface area contributed by atoms with Crippen molar-refractivity contribution < 1.29 is 4.42 Å². The number of halogens is 2. The molecule has 2 nitrogen and oxygen atoms in total. The number of thioether (sulfide) groups is 1. The first-order valence-corrected chi connectivity index (χ1v) is 7.16. The SMILES string of the molecule is CCC1CSC(c2cc(Br)c(Br)o2)N1. The predicted molar refractivity (Wildman–Crippen MR) is 66.5 cm³/mol. The lowest BCUT2D eigenvalue weighted by Crippen LogP contribution is -2.24. The van der Waals surface area contributed by atoms with Crippen molar-refractivity contribution in [2.45, 2.75) is 24.8 Å². The zero-order valence-corrected chi connectivity index (χ0v) is 11.7. The van der Waals surface area contributed by atoms with Gasteiger partial charge in [0.1, 0.15) is 11.1 Å². The average molecular weight is 341 g/mol. The second-order valence-corrected chi connectivity index (χ2v) is 5.97. The lowest BCUT2D eigenvalue weighted by atomic mass is 10.2. The normalized spacial score (nSPS) is 27.1. The largest absolute Gasteiger partial charge is 0.451 e. The minimum Gasteiger partial charge on any atom is -0.451 e. The molecule has 2 heterocycles. The molecule has 5 heteroatoms. The highest BCUT2D eigenvalue weighted by molar-refractivity contribution is 9.13. The van der Waals surface area contributed by atoms with Gasteiger partial charge in [0.05, 0.1) is 4.47 Å². The molecule has 1 saturated heterocycles. The molecule has 1 aliphatic heterocycles. The van der Waals surface area contributed by atoms with Crippen molar-refractivity contribution in [2.75, 3.05) is 5.75 Å². The van der Waals surface area contributed by atoms with Gasteiger partial charge in [0.25, 0.3) is 0 Å². The van der Waals surface area contributed by atoms with Crippen LogP contribution in [0, 0.1) is 0 Å². The predicted octanol–water partition coefficient (Wildman–Crippen LogP) is 3.92. The van der Waals surface area contributed by atoms with Gasteiger partial charge in [-0.3, -0.25) is 5.32 Å². The molecule has 0 aliphatic carbocycles. The zero-order chi connectivity index (χ0) is 10.1. The molecule has 0 saturated carbocycles. The highest BCUT2D eigenvalue weighted by atomic mass is 79.9. The van der Waals surface area contributed by atoms with E-state index in [0.29, 0.717) is 11.4 Å². The number of rotatable bonds is 2. The Bertz CT molecular complexity index is 309. The van der Waals surface area contributed by atoms with Crippen LogP contribution >= 0.6 is 43.6 Å². The van der Waals surface area contributed by atoms with Gasteiger partial charge in [0, 0.05) is 11.8 Å². The fourth-order valence-electron chi connectivity index (χ4n) is 1.42. The van der Waals surface area contributed by atoms with Gasteiger partial charge in [-0.25, -0.2) is 0 Å². The molecule has 0 aromatic carbocycles. The molecule has 0 radical (unpaired) electrons. The Labute approximate surface area is 104 Å². The fourth-order valence-corrected chi connectivity index (χ4v) is 3.35. The Morgan fingerprint density at radius 2 is 2.43 bits per heavy atom. The van der Waals surface area contributed by atoms with Crippen LogP contribution in [0.3, 0.4) is 0 Å². The van der Waals surface area contributed by atoms with Crippen LogP contribution in [0.5, 0.6) is 0 Å². The van der Waals surface area contributed by atoms with Crippen LogP contribution in [0.4, 0.5) is 0 Å². The summed E-state index contributed by atoms with van der Waals surface area (Å²) in [6.45, 7) is 2.20. The van der Waals surface area contributed by atoms with Gasteiger partial charge in [0.15, 0.2) is 4.67 Å². The van der Waals surface area contributed by atoms with Crippen LogP contribution in [-0.2, 0) is 0 Å². The van der Waals surface area contributed by atoms with Crippen LogP contribution < -0.4 is 5.32 Å². The molecule has 0 bridgehead atoms. The average Bonchev–Trinajstić information content (AvgIpc) is 2.74. The van der Waals surface area contributed by atoms with E-state index in [1.54, 1.807) is 0 Å². The maximum Gasteiger partial charge on any atom is 0.183 e. The maximum absolute atomic E-state index is 5.58. The van der Waals surface area contributed by atoms with Gasteiger partial charge >= 0.3 is 0 Å². The second-order valence-electron chi connectivity index (χ2n) is 3.26. The standard InChI is InChI=1S/C9H11Br2NOS/c1-2-5-4-14-9(12-5)7-3-6(10)8(11)13-7/h3,5,9,12H,2,4H2,1H3. The van der Waals surface area contributed by atoms with Crippen molar-refractivity contribution in [3.63, 3.8) is 0 Å². The summed E-state index contributed by atoms with van der Waals surface area (Å²) in [5, 5.41) is 3.83. The van der Waals surface area contributed by atoms with Gasteiger partial charge in [-0.1, -0.05) is 6.92 Å². The molecule has 0 amide bonds. The van der Waals surface area contributed by atoms with E-state index in [1.807, 2.05) is 17.8 Å². The van der Waals surface area contributed by atoms with E-state index in [9.17, 15) is 0 Å². The van der Waals surface area contributed by atoms with Crippen LogP contribution in [0.2, 0.25) is 0 Å². The molecule has 1 aromatic rings. The number of hydrogen-bond donors (Lipinski definition) is 1. The van der Waals surface area contributed by atoms with Crippen LogP contribution in [-0.4, -0.2) is 11.8 Å². The maximum atomic E-state index is 5.58. The minimum absolute atomic E-state index is 0.308. The Balaban J connectivity index is 2.09. The molecule has 0 spiro atoms. The van der Waals surface area contributed by atoms with Crippen molar-refractivity contribution in [2.24, 2.45) is 0 Å². The summed E-state index contributed by atoms with van der Waals surface area (Å²) < 4.78 is 7.33. The lowest BCUT2D eigenvalue weighted by molar-refractivity contribution is 0.446. The fraction of sp³-hybridized carbons (Fsp3) is 0.556. The van der Waals surface area contributed by atoms with Crippen LogP contribution in [0.1, 0.15) is 24.5 Å². The smallest absolute Gasteiger partial charge is 0.183 e. The summed E-state index contributed by atoms with van der Waals surface area (Å²) in [5.74, 6) is 2.15. The first-order valence-electron chi connectivity index (χ1n) is 4.53. The molecule has 1 fully saturated rings. The Kier molecular flexibility index (Phi) is 3.63. The Hall–Kier alpha value is 0.550. The number of hydrogen-bond acceptors (Lipinski definition) is 3. The van der Waals surface area contributed by atoms with Crippen molar-refractivity contribution >= 4 is 43.6 Å². The number of furan rings is 1. The number of nitrogens with one attached hydrogen (secondary N) is 1. The molecule has 78 valence electrons. The van der Waals surface area contributed by atoms with Gasteiger partial charge in [-0.05, 0) is 44.3 Å². The molecule has 2 unspecified atom stereocenters. The molecule has 2 atom stereocenters. The van der Waals surface area contributed by atoms with E-state index < -0.39 is 0 Å². The topological polar surface area (TPSA) is 25.2 Å². The summed E-state index contributed by atoms with van der Waals surface area (Å²) in [4.78, 5) is 0. The summed E-state index contributed by atoms with van der Waals surface area (Å²) in [6, 6.07) is 2.64. The molecule has 14 heavy (non-hydrogen) atoms. The van der Waals surface area contributed by atoms with E-state index in [0.717, 1.165) is 20.7 Å². The Morgan fingerprint density at radius 3 is 2.93 bits per heavy atom. The first kappa shape index (κ1) is 11.0. The second kappa shape index (κ2) is 4.60. The monoisotopic (exact) mass is 339 g/mol. The molecular formula is C9H11Br2NOS. The summed E-state index contributed by atoms with van der Waals surface area (Å²) in [5.41, 5.74) is 0. The van der Waals surface area contributed by atoms with Crippen molar-refractivity contribution in [3.8, 4) is 0 Å². The van der Waals surface area contributed by atoms with Gasteiger partial charge in [0.2, 0.25) is 0 Å². The van der Waals surface area contributed by atoms with E-state index in [-0.39, 0.29) is 0 Å². The van der Waals surface area contributed by atoms with Gasteiger partial charge < -0.3 is 4.42 Å². The lowest BCUT2D eigenvalue weighted by Gasteiger charge is -2.08. The third kappa shape index (κ3) is 2.21. The quantitative estimate of drug-likeness (QED) is 0.883. The molecule has 1 aromatic heterocycles. The van der Waals surface area contributed by atoms with Gasteiger partial charge in [-0.2, -0.15) is 0 Å².